The van der Waals surface area contributed by atoms with Gasteiger partial charge in [-0.1, -0.05) is 26.0 Å². The summed E-state index contributed by atoms with van der Waals surface area (Å²) in [5, 5.41) is 20.7. The minimum absolute atomic E-state index is 0.0153. The maximum Gasteiger partial charge on any atom is 0.246 e. The zero-order valence-electron chi connectivity index (χ0n) is 10.6. The Bertz CT molecular complexity index is 626. The maximum absolute atomic E-state index is 13.5. The van der Waals surface area contributed by atoms with Crippen LogP contribution >= 0.6 is 0 Å². The van der Waals surface area contributed by atoms with E-state index in [1.165, 1.54) is 18.2 Å². The molecule has 1 aliphatic carbocycles. The van der Waals surface area contributed by atoms with Gasteiger partial charge in [-0.3, -0.25) is 4.79 Å². The summed E-state index contributed by atoms with van der Waals surface area (Å²) in [4.78, 5) is 12.2. The fourth-order valence-electron chi connectivity index (χ4n) is 2.49. The molecule has 2 unspecified atom stereocenters. The molecule has 4 nitrogen and oxygen atoms in total. The molecule has 1 fully saturated rings. The Morgan fingerprint density at radius 2 is 2.00 bits per heavy atom. The normalized spacial score (nSPS) is 26.9. The van der Waals surface area contributed by atoms with E-state index in [0.29, 0.717) is 0 Å². The molecular weight excluding hydrogens is 245 g/mol. The molecule has 1 aliphatic rings. The van der Waals surface area contributed by atoms with Crippen LogP contribution in [0.1, 0.15) is 13.8 Å². The van der Waals surface area contributed by atoms with Crippen molar-refractivity contribution in [3.05, 3.63) is 30.1 Å². The number of carbonyl (C=O) groups excluding carboxylic acids is 1. The van der Waals surface area contributed by atoms with Crippen LogP contribution in [-0.4, -0.2) is 5.91 Å². The van der Waals surface area contributed by atoms with Crippen molar-refractivity contribution in [2.75, 3.05) is 5.32 Å². The van der Waals surface area contributed by atoms with Crippen LogP contribution in [0.25, 0.3) is 0 Å². The highest BCUT2D eigenvalue weighted by Crippen LogP contribution is 2.68. The number of hydrogen-bond acceptors (Lipinski definition) is 3. The molecule has 0 radical (unpaired) electrons. The monoisotopic (exact) mass is 257 g/mol. The summed E-state index contributed by atoms with van der Waals surface area (Å²) < 4.78 is 13.5. The highest BCUT2D eigenvalue weighted by Gasteiger charge is 2.77. The van der Waals surface area contributed by atoms with Gasteiger partial charge in [0.05, 0.1) is 23.7 Å². The molecule has 1 aromatic carbocycles. The molecule has 1 saturated carbocycles. The Balaban J connectivity index is 2.30. The predicted octanol–water partition coefficient (Wildman–Crippen LogP) is 2.45. The van der Waals surface area contributed by atoms with Crippen LogP contribution in [0.4, 0.5) is 10.1 Å². The Hall–Kier alpha value is -2.40. The zero-order valence-corrected chi connectivity index (χ0v) is 10.6. The van der Waals surface area contributed by atoms with Gasteiger partial charge in [-0.2, -0.15) is 10.5 Å². The number of hydrogen-bond donors (Lipinski definition) is 1. The number of nitrogens with zero attached hydrogens (tertiary/aromatic N) is 2. The van der Waals surface area contributed by atoms with E-state index in [4.69, 9.17) is 5.26 Å². The number of nitrogens with one attached hydrogen (secondary N) is 1. The molecule has 19 heavy (non-hydrogen) atoms. The second-order valence-corrected chi connectivity index (χ2v) is 5.14. The number of halogens is 1. The summed E-state index contributed by atoms with van der Waals surface area (Å²) in [6, 6.07) is 9.62. The maximum atomic E-state index is 13.5. The van der Waals surface area contributed by atoms with Crippen molar-refractivity contribution in [1.29, 1.82) is 10.5 Å². The number of rotatable bonds is 2. The third kappa shape index (κ3) is 1.59. The molecule has 0 bridgehead atoms. The van der Waals surface area contributed by atoms with Crippen molar-refractivity contribution in [3.8, 4) is 12.1 Å². The number of benzene rings is 1. The molecule has 0 saturated heterocycles. The van der Waals surface area contributed by atoms with Gasteiger partial charge in [0, 0.05) is 5.41 Å². The molecule has 1 amide bonds. The first kappa shape index (κ1) is 13.0. The van der Waals surface area contributed by atoms with Crippen LogP contribution in [0.3, 0.4) is 0 Å². The first-order valence-corrected chi connectivity index (χ1v) is 5.78. The van der Waals surface area contributed by atoms with E-state index >= 15 is 0 Å². The van der Waals surface area contributed by atoms with Crippen LogP contribution in [0.15, 0.2) is 24.3 Å². The molecule has 1 aromatic rings. The Kier molecular flexibility index (Phi) is 2.79. The van der Waals surface area contributed by atoms with E-state index in [2.05, 4.69) is 5.32 Å². The van der Waals surface area contributed by atoms with E-state index in [-0.39, 0.29) is 5.69 Å². The van der Waals surface area contributed by atoms with Crippen molar-refractivity contribution in [2.24, 2.45) is 16.7 Å². The molecule has 0 aliphatic heterocycles. The number of anilines is 1. The van der Waals surface area contributed by atoms with E-state index in [0.717, 1.165) is 0 Å². The second-order valence-electron chi connectivity index (χ2n) is 5.14. The van der Waals surface area contributed by atoms with Crippen LogP contribution in [0.2, 0.25) is 0 Å². The van der Waals surface area contributed by atoms with E-state index < -0.39 is 28.5 Å². The van der Waals surface area contributed by atoms with Gasteiger partial charge in [-0.15, -0.1) is 0 Å². The summed E-state index contributed by atoms with van der Waals surface area (Å²) in [7, 11) is 0. The molecule has 0 heterocycles. The smallest absolute Gasteiger partial charge is 0.246 e. The minimum atomic E-state index is -1.41. The Labute approximate surface area is 110 Å². The fraction of sp³-hybridized carbons (Fsp3) is 0.357. The van der Waals surface area contributed by atoms with Crippen LogP contribution < -0.4 is 5.32 Å². The topological polar surface area (TPSA) is 76.7 Å². The summed E-state index contributed by atoms with van der Waals surface area (Å²) in [5.74, 6) is -1.88. The molecule has 5 heteroatoms. The lowest BCUT2D eigenvalue weighted by molar-refractivity contribution is -0.120. The van der Waals surface area contributed by atoms with Gasteiger partial charge in [0.25, 0.3) is 0 Å². The Morgan fingerprint density at radius 3 is 2.47 bits per heavy atom. The lowest BCUT2D eigenvalue weighted by Gasteiger charge is -2.12. The van der Waals surface area contributed by atoms with Gasteiger partial charge < -0.3 is 5.32 Å². The highest BCUT2D eigenvalue weighted by molar-refractivity contribution is 6.01. The first-order chi connectivity index (χ1) is 8.91. The number of para-hydroxylation sites is 1. The molecule has 0 spiro atoms. The SMILES string of the molecule is CC1(C)C(C#N)C1(C#N)C(=O)Nc1ccccc1F. The average molecular weight is 257 g/mol. The van der Waals surface area contributed by atoms with Crippen LogP contribution in [0.5, 0.6) is 0 Å². The van der Waals surface area contributed by atoms with Crippen molar-refractivity contribution in [1.82, 2.24) is 0 Å². The third-order valence-corrected chi connectivity index (χ3v) is 3.87. The quantitative estimate of drug-likeness (QED) is 0.884. The fourth-order valence-corrected chi connectivity index (χ4v) is 2.49. The molecule has 96 valence electrons. The number of carbonyl (C=O) groups is 1. The largest absolute Gasteiger partial charge is 0.322 e. The predicted molar refractivity (Wildman–Crippen MR) is 66.0 cm³/mol. The standard InChI is InChI=1S/C14H12FN3O/c1-13(2)11(7-16)14(13,8-17)12(19)18-10-6-4-3-5-9(10)15/h3-6,11H,1-2H3,(H,18,19). The number of amides is 1. The van der Waals surface area contributed by atoms with E-state index in [9.17, 15) is 14.4 Å². The van der Waals surface area contributed by atoms with Gasteiger partial charge in [-0.25, -0.2) is 4.39 Å². The van der Waals surface area contributed by atoms with Crippen molar-refractivity contribution in [2.45, 2.75) is 13.8 Å². The average Bonchev–Trinajstić information content (AvgIpc) is 2.88. The summed E-state index contributed by atoms with van der Waals surface area (Å²) in [6.07, 6.45) is 0. The summed E-state index contributed by atoms with van der Waals surface area (Å²) in [5.41, 5.74) is -2.13. The lowest BCUT2D eigenvalue weighted by atomic mass is 9.96. The highest BCUT2D eigenvalue weighted by atomic mass is 19.1. The molecular formula is C14H12FN3O. The van der Waals surface area contributed by atoms with Crippen LogP contribution in [-0.2, 0) is 4.79 Å². The van der Waals surface area contributed by atoms with Gasteiger partial charge >= 0.3 is 0 Å². The second kappa shape index (κ2) is 4.07. The lowest BCUT2D eigenvalue weighted by Crippen LogP contribution is -2.28. The molecule has 1 N–H and O–H groups in total. The van der Waals surface area contributed by atoms with Crippen molar-refractivity contribution in [3.63, 3.8) is 0 Å². The van der Waals surface area contributed by atoms with Gasteiger partial charge in [0.1, 0.15) is 5.82 Å². The van der Waals surface area contributed by atoms with Gasteiger partial charge in [0.15, 0.2) is 5.41 Å². The summed E-state index contributed by atoms with van der Waals surface area (Å²) in [6.45, 7) is 3.37. The van der Waals surface area contributed by atoms with Crippen molar-refractivity contribution >= 4 is 11.6 Å². The summed E-state index contributed by atoms with van der Waals surface area (Å²) >= 11 is 0. The minimum Gasteiger partial charge on any atom is -0.322 e. The van der Waals surface area contributed by atoms with Gasteiger partial charge in [-0.05, 0) is 12.1 Å². The molecule has 2 rings (SSSR count). The van der Waals surface area contributed by atoms with Crippen LogP contribution in [0, 0.1) is 45.2 Å². The molecule has 2 atom stereocenters. The van der Waals surface area contributed by atoms with Crippen molar-refractivity contribution < 1.29 is 9.18 Å². The Morgan fingerprint density at radius 1 is 1.37 bits per heavy atom. The third-order valence-electron chi connectivity index (χ3n) is 3.87. The van der Waals surface area contributed by atoms with E-state index in [1.807, 2.05) is 12.1 Å². The first-order valence-electron chi connectivity index (χ1n) is 5.78. The number of nitriles is 2. The zero-order chi connectivity index (χ0) is 14.3. The van der Waals surface area contributed by atoms with E-state index in [1.54, 1.807) is 19.9 Å². The van der Waals surface area contributed by atoms with Gasteiger partial charge in [0.2, 0.25) is 5.91 Å². The molecule has 0 aromatic heterocycles.